The minimum Gasteiger partial charge on any atom is -0.480 e. The summed E-state index contributed by atoms with van der Waals surface area (Å²) >= 11 is 0.632. The summed E-state index contributed by atoms with van der Waals surface area (Å²) in [7, 11) is 0. The number of nitrogens with two attached hydrogens (primary N) is 1. The van der Waals surface area contributed by atoms with Crippen molar-refractivity contribution >= 4 is 29.0 Å². The number of ether oxygens (including phenoxy) is 2. The number of thioether (sulfide) groups is 1. The molecule has 3 N–H and O–H groups in total. The van der Waals surface area contributed by atoms with Gasteiger partial charge in [-0.05, 0) is 25.6 Å². The Kier molecular flexibility index (Phi) is 5.97. The van der Waals surface area contributed by atoms with Gasteiger partial charge in [0.05, 0.1) is 0 Å². The van der Waals surface area contributed by atoms with Crippen LogP contribution in [0.25, 0.3) is 0 Å². The summed E-state index contributed by atoms with van der Waals surface area (Å²) in [6.45, 7) is 3.68. The second-order valence-electron chi connectivity index (χ2n) is 3.67. The Balaban J connectivity index is 4.18. The molecule has 0 fully saturated rings. The molecule has 0 aromatic heterocycles. The van der Waals surface area contributed by atoms with E-state index in [2.05, 4.69) is 9.47 Å². The number of carboxylic acids is 1. The number of hydrogen-bond acceptors (Lipinski definition) is 7. The molecule has 0 amide bonds. The lowest BCUT2D eigenvalue weighted by Gasteiger charge is -2.26. The predicted molar refractivity (Wildman–Crippen MR) is 60.4 cm³/mol. The van der Waals surface area contributed by atoms with E-state index < -0.39 is 34.8 Å². The molecule has 0 radical (unpaired) electrons. The van der Waals surface area contributed by atoms with Gasteiger partial charge >= 0.3 is 17.2 Å². The lowest BCUT2D eigenvalue weighted by Crippen LogP contribution is -2.47. The molecule has 0 saturated heterocycles. The van der Waals surface area contributed by atoms with E-state index >= 15 is 0 Å². The molecular weight excluding hydrogens is 250 g/mol. The maximum atomic E-state index is 11.3. The third-order valence-corrected chi connectivity index (χ3v) is 2.86. The molecule has 7 nitrogen and oxygen atoms in total. The van der Waals surface area contributed by atoms with E-state index in [9.17, 15) is 14.4 Å². The van der Waals surface area contributed by atoms with Crippen LogP contribution in [0.5, 0.6) is 0 Å². The highest BCUT2D eigenvalue weighted by atomic mass is 32.2. The standard InChI is InChI=1S/C9H15NO6S/c1-5(11)15-4-16-8(14)17-9(2,3)6(10)7(12)13/h6H,4,10H2,1-3H3,(H,12,13). The molecule has 0 aliphatic heterocycles. The van der Waals surface area contributed by atoms with E-state index in [1.165, 1.54) is 20.8 Å². The Morgan fingerprint density at radius 2 is 1.88 bits per heavy atom. The molecule has 17 heavy (non-hydrogen) atoms. The van der Waals surface area contributed by atoms with Crippen LogP contribution in [0.2, 0.25) is 0 Å². The summed E-state index contributed by atoms with van der Waals surface area (Å²) in [5.41, 5.74) is 5.41. The molecule has 0 saturated carbocycles. The lowest BCUT2D eigenvalue weighted by molar-refractivity contribution is -0.148. The van der Waals surface area contributed by atoms with Crippen molar-refractivity contribution in [3.05, 3.63) is 0 Å². The first-order chi connectivity index (χ1) is 7.66. The van der Waals surface area contributed by atoms with E-state index in [1.807, 2.05) is 0 Å². The van der Waals surface area contributed by atoms with Crippen LogP contribution in [0, 0.1) is 0 Å². The maximum Gasteiger partial charge on any atom is 0.370 e. The second-order valence-corrected chi connectivity index (χ2v) is 5.26. The largest absolute Gasteiger partial charge is 0.480 e. The van der Waals surface area contributed by atoms with Gasteiger partial charge in [0.1, 0.15) is 6.04 Å². The smallest absolute Gasteiger partial charge is 0.370 e. The number of carbonyl (C=O) groups is 3. The van der Waals surface area contributed by atoms with E-state index in [0.29, 0.717) is 11.8 Å². The molecule has 0 spiro atoms. The molecular formula is C9H15NO6S. The number of aliphatic carboxylic acids is 1. The van der Waals surface area contributed by atoms with Crippen molar-refractivity contribution in [2.45, 2.75) is 31.6 Å². The Labute approximate surface area is 103 Å². The average Bonchev–Trinajstić information content (AvgIpc) is 2.14. The lowest BCUT2D eigenvalue weighted by atomic mass is 10.1. The second kappa shape index (κ2) is 6.45. The van der Waals surface area contributed by atoms with Gasteiger partial charge < -0.3 is 20.3 Å². The minimum atomic E-state index is -1.21. The first kappa shape index (κ1) is 15.7. The summed E-state index contributed by atoms with van der Waals surface area (Å²) in [5, 5.41) is 7.96. The molecule has 0 rings (SSSR count). The van der Waals surface area contributed by atoms with Gasteiger partial charge in [-0.1, -0.05) is 0 Å². The van der Waals surface area contributed by atoms with Crippen LogP contribution in [-0.4, -0.2) is 39.9 Å². The van der Waals surface area contributed by atoms with Crippen LogP contribution in [-0.2, 0) is 19.1 Å². The number of hydrogen-bond donors (Lipinski definition) is 2. The van der Waals surface area contributed by atoms with Gasteiger partial charge in [0.15, 0.2) is 0 Å². The fourth-order valence-corrected chi connectivity index (χ4v) is 1.53. The van der Waals surface area contributed by atoms with Gasteiger partial charge in [0.2, 0.25) is 6.79 Å². The fourth-order valence-electron chi connectivity index (χ4n) is 0.766. The van der Waals surface area contributed by atoms with Crippen molar-refractivity contribution in [1.29, 1.82) is 0 Å². The van der Waals surface area contributed by atoms with Crippen molar-refractivity contribution in [2.75, 3.05) is 6.79 Å². The van der Waals surface area contributed by atoms with E-state index in [1.54, 1.807) is 0 Å². The summed E-state index contributed by atoms with van der Waals surface area (Å²) in [4.78, 5) is 32.3. The van der Waals surface area contributed by atoms with Crippen LogP contribution in [0.1, 0.15) is 20.8 Å². The summed E-state index contributed by atoms with van der Waals surface area (Å²) < 4.78 is 7.91. The first-order valence-electron chi connectivity index (χ1n) is 4.64. The van der Waals surface area contributed by atoms with Gasteiger partial charge in [0, 0.05) is 11.7 Å². The van der Waals surface area contributed by atoms with E-state index in [0.717, 1.165) is 0 Å². The van der Waals surface area contributed by atoms with Gasteiger partial charge in [-0.25, -0.2) is 4.79 Å². The van der Waals surface area contributed by atoms with Crippen molar-refractivity contribution in [2.24, 2.45) is 5.73 Å². The number of carboxylic acid groups (broad SMARTS) is 1. The summed E-state index contributed by atoms with van der Waals surface area (Å²) in [6.07, 6.45) is 0. The SMILES string of the molecule is CC(=O)OCOC(=O)SC(C)(C)C(N)C(=O)O. The zero-order valence-corrected chi connectivity index (χ0v) is 10.6. The zero-order chi connectivity index (χ0) is 13.6. The van der Waals surface area contributed by atoms with Crippen LogP contribution in [0.3, 0.4) is 0 Å². The Hall–Kier alpha value is -1.28. The molecule has 0 aromatic rings. The molecule has 1 atom stereocenters. The highest BCUT2D eigenvalue weighted by Crippen LogP contribution is 2.29. The Bertz CT molecular complexity index is 317. The van der Waals surface area contributed by atoms with Crippen molar-refractivity contribution in [3.63, 3.8) is 0 Å². The van der Waals surface area contributed by atoms with Crippen LogP contribution >= 0.6 is 11.8 Å². The van der Waals surface area contributed by atoms with Crippen LogP contribution in [0.4, 0.5) is 4.79 Å². The third-order valence-electron chi connectivity index (χ3n) is 1.80. The third kappa shape index (κ3) is 6.12. The number of rotatable bonds is 5. The summed E-state index contributed by atoms with van der Waals surface area (Å²) in [5.74, 6) is -1.79. The molecule has 0 aliphatic rings. The highest BCUT2D eigenvalue weighted by Gasteiger charge is 2.35. The monoisotopic (exact) mass is 265 g/mol. The van der Waals surface area contributed by atoms with Crippen LogP contribution < -0.4 is 5.73 Å². The molecule has 0 aliphatic carbocycles. The summed E-state index contributed by atoms with van der Waals surface area (Å²) in [6, 6.07) is -1.21. The van der Waals surface area contributed by atoms with Crippen molar-refractivity contribution < 1.29 is 29.0 Å². The molecule has 1 unspecified atom stereocenters. The van der Waals surface area contributed by atoms with Crippen LogP contribution in [0.15, 0.2) is 0 Å². The molecule has 0 bridgehead atoms. The zero-order valence-electron chi connectivity index (χ0n) is 9.76. The molecule has 0 aromatic carbocycles. The topological polar surface area (TPSA) is 116 Å². The van der Waals surface area contributed by atoms with Gasteiger partial charge in [-0.15, -0.1) is 0 Å². The van der Waals surface area contributed by atoms with Gasteiger partial charge in [0.25, 0.3) is 0 Å². The Morgan fingerprint density at radius 3 is 2.29 bits per heavy atom. The highest BCUT2D eigenvalue weighted by molar-refractivity contribution is 8.14. The Morgan fingerprint density at radius 1 is 1.35 bits per heavy atom. The van der Waals surface area contributed by atoms with E-state index in [-0.39, 0.29) is 0 Å². The normalized spacial score (nSPS) is 12.7. The molecule has 8 heteroatoms. The number of carbonyl (C=O) groups excluding carboxylic acids is 2. The van der Waals surface area contributed by atoms with Crippen molar-refractivity contribution in [1.82, 2.24) is 0 Å². The van der Waals surface area contributed by atoms with E-state index in [4.69, 9.17) is 10.8 Å². The quantitative estimate of drug-likeness (QED) is 0.547. The average molecular weight is 265 g/mol. The number of esters is 1. The molecule has 0 heterocycles. The van der Waals surface area contributed by atoms with Crippen molar-refractivity contribution in [3.8, 4) is 0 Å². The van der Waals surface area contributed by atoms with Gasteiger partial charge in [-0.2, -0.15) is 0 Å². The maximum absolute atomic E-state index is 11.3. The fraction of sp³-hybridized carbons (Fsp3) is 0.667. The predicted octanol–water partition coefficient (Wildman–Crippen LogP) is 0.567. The molecule has 98 valence electrons. The minimum absolute atomic E-state index is 0.500. The first-order valence-corrected chi connectivity index (χ1v) is 5.46. The van der Waals surface area contributed by atoms with Gasteiger partial charge in [-0.3, -0.25) is 9.59 Å².